The summed E-state index contributed by atoms with van der Waals surface area (Å²) in [4.78, 5) is 11.8. The Morgan fingerprint density at radius 1 is 1.37 bits per heavy atom. The Kier molecular flexibility index (Phi) is 5.21. The zero-order valence-corrected chi connectivity index (χ0v) is 11.4. The quantitative estimate of drug-likeness (QED) is 0.793. The van der Waals surface area contributed by atoms with Gasteiger partial charge in [0.2, 0.25) is 5.91 Å². The van der Waals surface area contributed by atoms with Crippen LogP contribution in [0.2, 0.25) is 0 Å². The minimum absolute atomic E-state index is 0.0203. The largest absolute Gasteiger partial charge is 0.492 e. The van der Waals surface area contributed by atoms with E-state index in [-0.39, 0.29) is 11.9 Å². The highest BCUT2D eigenvalue weighted by molar-refractivity contribution is 5.81. The van der Waals surface area contributed by atoms with Crippen LogP contribution in [0.4, 0.5) is 0 Å². The molecule has 4 heteroatoms. The predicted octanol–water partition coefficient (Wildman–Crippen LogP) is 1.63. The lowest BCUT2D eigenvalue weighted by Gasteiger charge is -2.22. The number of piperidine rings is 1. The van der Waals surface area contributed by atoms with Crippen LogP contribution in [0.25, 0.3) is 0 Å². The van der Waals surface area contributed by atoms with Crippen molar-refractivity contribution in [3.05, 3.63) is 29.8 Å². The molecular formula is C15H22N2O2. The molecular weight excluding hydrogens is 240 g/mol. The Morgan fingerprint density at radius 3 is 2.84 bits per heavy atom. The number of carbonyl (C=O) groups excluding carboxylic acids is 1. The summed E-state index contributed by atoms with van der Waals surface area (Å²) in [5, 5.41) is 6.14. The van der Waals surface area contributed by atoms with Crippen molar-refractivity contribution in [1.29, 1.82) is 0 Å². The van der Waals surface area contributed by atoms with Crippen LogP contribution in [0.1, 0.15) is 24.8 Å². The molecule has 1 unspecified atom stereocenters. The normalized spacial score (nSPS) is 18.9. The van der Waals surface area contributed by atoms with Crippen molar-refractivity contribution in [1.82, 2.24) is 10.6 Å². The first-order chi connectivity index (χ1) is 9.25. The highest BCUT2D eigenvalue weighted by Crippen LogP contribution is 2.11. The molecule has 1 fully saturated rings. The van der Waals surface area contributed by atoms with Crippen molar-refractivity contribution < 1.29 is 9.53 Å². The molecule has 1 amide bonds. The average Bonchev–Trinajstić information content (AvgIpc) is 2.46. The molecule has 1 atom stereocenters. The van der Waals surface area contributed by atoms with Crippen LogP contribution >= 0.6 is 0 Å². The van der Waals surface area contributed by atoms with Gasteiger partial charge < -0.3 is 15.4 Å². The van der Waals surface area contributed by atoms with Crippen molar-refractivity contribution in [2.24, 2.45) is 0 Å². The molecule has 0 bridgehead atoms. The molecule has 1 aliphatic rings. The van der Waals surface area contributed by atoms with E-state index >= 15 is 0 Å². The van der Waals surface area contributed by atoms with E-state index in [1.807, 2.05) is 31.2 Å². The molecule has 0 spiro atoms. The summed E-state index contributed by atoms with van der Waals surface area (Å²) in [6.07, 6.45) is 3.23. The molecule has 2 rings (SSSR count). The molecule has 104 valence electrons. The predicted molar refractivity (Wildman–Crippen MR) is 75.3 cm³/mol. The molecule has 1 aromatic carbocycles. The lowest BCUT2D eigenvalue weighted by atomic mass is 10.0. The summed E-state index contributed by atoms with van der Waals surface area (Å²) in [5.41, 5.74) is 1.21. The molecule has 19 heavy (non-hydrogen) atoms. The third-order valence-corrected chi connectivity index (χ3v) is 3.32. The van der Waals surface area contributed by atoms with Gasteiger partial charge in [-0.2, -0.15) is 0 Å². The molecule has 0 radical (unpaired) electrons. The first-order valence-corrected chi connectivity index (χ1v) is 6.96. The van der Waals surface area contributed by atoms with Gasteiger partial charge in [0.05, 0.1) is 12.6 Å². The second-order valence-corrected chi connectivity index (χ2v) is 4.96. The summed E-state index contributed by atoms with van der Waals surface area (Å²) in [6, 6.07) is 7.90. The summed E-state index contributed by atoms with van der Waals surface area (Å²) in [6.45, 7) is 4.03. The van der Waals surface area contributed by atoms with Gasteiger partial charge in [0.15, 0.2) is 0 Å². The summed E-state index contributed by atoms with van der Waals surface area (Å²) < 4.78 is 5.56. The standard InChI is InChI=1S/C15H22N2O2/c1-12-5-7-13(8-6-12)19-11-10-17-15(18)14-4-2-3-9-16-14/h5-8,14,16H,2-4,9-11H2,1H3,(H,17,18). The number of ether oxygens (including phenoxy) is 1. The lowest BCUT2D eigenvalue weighted by molar-refractivity contribution is -0.123. The number of aryl methyl sites for hydroxylation is 1. The van der Waals surface area contributed by atoms with Crippen LogP contribution in [0.3, 0.4) is 0 Å². The van der Waals surface area contributed by atoms with Crippen molar-refractivity contribution >= 4 is 5.91 Å². The van der Waals surface area contributed by atoms with Gasteiger partial charge >= 0.3 is 0 Å². The fourth-order valence-electron chi connectivity index (χ4n) is 2.18. The van der Waals surface area contributed by atoms with E-state index in [1.165, 1.54) is 12.0 Å². The van der Waals surface area contributed by atoms with E-state index in [9.17, 15) is 4.79 Å². The van der Waals surface area contributed by atoms with Crippen molar-refractivity contribution in [2.45, 2.75) is 32.2 Å². The van der Waals surface area contributed by atoms with Gasteiger partial charge in [-0.25, -0.2) is 0 Å². The Morgan fingerprint density at radius 2 is 2.16 bits per heavy atom. The molecule has 1 aromatic rings. The molecule has 0 saturated carbocycles. The Balaban J connectivity index is 1.63. The maximum atomic E-state index is 11.8. The monoisotopic (exact) mass is 262 g/mol. The summed E-state index contributed by atoms with van der Waals surface area (Å²) in [5.74, 6) is 0.933. The van der Waals surface area contributed by atoms with Crippen LogP contribution < -0.4 is 15.4 Å². The van der Waals surface area contributed by atoms with E-state index in [0.717, 1.165) is 25.1 Å². The molecule has 4 nitrogen and oxygen atoms in total. The molecule has 1 aliphatic heterocycles. The van der Waals surface area contributed by atoms with E-state index in [2.05, 4.69) is 10.6 Å². The maximum Gasteiger partial charge on any atom is 0.237 e. The fourth-order valence-corrected chi connectivity index (χ4v) is 2.18. The summed E-state index contributed by atoms with van der Waals surface area (Å²) in [7, 11) is 0. The van der Waals surface area contributed by atoms with Crippen LogP contribution in [-0.2, 0) is 4.79 Å². The van der Waals surface area contributed by atoms with Crippen molar-refractivity contribution in [3.63, 3.8) is 0 Å². The number of hydrogen-bond donors (Lipinski definition) is 2. The second kappa shape index (κ2) is 7.14. The lowest BCUT2D eigenvalue weighted by Crippen LogP contribution is -2.47. The minimum atomic E-state index is -0.0203. The molecule has 0 aromatic heterocycles. The third-order valence-electron chi connectivity index (χ3n) is 3.32. The maximum absolute atomic E-state index is 11.8. The zero-order valence-electron chi connectivity index (χ0n) is 11.4. The minimum Gasteiger partial charge on any atom is -0.492 e. The van der Waals surface area contributed by atoms with Gasteiger partial charge in [-0.15, -0.1) is 0 Å². The first kappa shape index (κ1) is 13.9. The van der Waals surface area contributed by atoms with Crippen molar-refractivity contribution in [3.8, 4) is 5.75 Å². The molecule has 2 N–H and O–H groups in total. The molecule has 1 saturated heterocycles. The number of amides is 1. The van der Waals surface area contributed by atoms with Gasteiger partial charge in [-0.05, 0) is 38.4 Å². The highest BCUT2D eigenvalue weighted by Gasteiger charge is 2.19. The van der Waals surface area contributed by atoms with Gasteiger partial charge in [0, 0.05) is 0 Å². The van der Waals surface area contributed by atoms with Gasteiger partial charge in [0.1, 0.15) is 12.4 Å². The van der Waals surface area contributed by atoms with Gasteiger partial charge in [0.25, 0.3) is 0 Å². The number of nitrogens with one attached hydrogen (secondary N) is 2. The van der Waals surface area contributed by atoms with Gasteiger partial charge in [-0.1, -0.05) is 24.1 Å². The highest BCUT2D eigenvalue weighted by atomic mass is 16.5. The fraction of sp³-hybridized carbons (Fsp3) is 0.533. The smallest absolute Gasteiger partial charge is 0.237 e. The Labute approximate surface area is 114 Å². The Hall–Kier alpha value is -1.55. The second-order valence-electron chi connectivity index (χ2n) is 4.96. The Bertz CT molecular complexity index is 397. The molecule has 1 heterocycles. The zero-order chi connectivity index (χ0) is 13.5. The first-order valence-electron chi connectivity index (χ1n) is 6.96. The van der Waals surface area contributed by atoms with E-state index in [1.54, 1.807) is 0 Å². The van der Waals surface area contributed by atoms with Gasteiger partial charge in [-0.3, -0.25) is 4.79 Å². The van der Waals surface area contributed by atoms with Crippen LogP contribution in [0.15, 0.2) is 24.3 Å². The van der Waals surface area contributed by atoms with E-state index in [0.29, 0.717) is 13.2 Å². The molecule has 0 aliphatic carbocycles. The number of benzene rings is 1. The number of rotatable bonds is 5. The number of carbonyl (C=O) groups is 1. The van der Waals surface area contributed by atoms with E-state index in [4.69, 9.17) is 4.74 Å². The van der Waals surface area contributed by atoms with Crippen LogP contribution in [0, 0.1) is 6.92 Å². The SMILES string of the molecule is Cc1ccc(OCCNC(=O)C2CCCCN2)cc1. The summed E-state index contributed by atoms with van der Waals surface area (Å²) >= 11 is 0. The van der Waals surface area contributed by atoms with Crippen LogP contribution in [-0.4, -0.2) is 31.6 Å². The topological polar surface area (TPSA) is 50.4 Å². The average molecular weight is 262 g/mol. The van der Waals surface area contributed by atoms with Crippen LogP contribution in [0.5, 0.6) is 5.75 Å². The third kappa shape index (κ3) is 4.56. The van der Waals surface area contributed by atoms with Crippen molar-refractivity contribution in [2.75, 3.05) is 19.7 Å². The van der Waals surface area contributed by atoms with E-state index < -0.39 is 0 Å². The number of hydrogen-bond acceptors (Lipinski definition) is 3.